The van der Waals surface area contributed by atoms with Gasteiger partial charge in [0.05, 0.1) is 17.6 Å². The third kappa shape index (κ3) is 4.60. The molecule has 0 aliphatic carbocycles. The number of nitrogens with zero attached hydrogens (tertiary/aromatic N) is 4. The van der Waals surface area contributed by atoms with E-state index in [9.17, 15) is 19.7 Å². The lowest BCUT2D eigenvalue weighted by Gasteiger charge is -2.35. The van der Waals surface area contributed by atoms with Crippen LogP contribution in [0.3, 0.4) is 0 Å². The summed E-state index contributed by atoms with van der Waals surface area (Å²) in [6.07, 6.45) is -0.750. The second-order valence-corrected chi connectivity index (χ2v) is 5.51. The summed E-state index contributed by atoms with van der Waals surface area (Å²) in [5.74, 6) is -0.611. The first kappa shape index (κ1) is 19.0. The Labute approximate surface area is 150 Å². The predicted molar refractivity (Wildman–Crippen MR) is 92.8 cm³/mol. The average molecular weight is 361 g/mol. The molecule has 0 aromatic heterocycles. The van der Waals surface area contributed by atoms with Gasteiger partial charge >= 0.3 is 6.09 Å². The number of benzene rings is 1. The van der Waals surface area contributed by atoms with Gasteiger partial charge in [-0.1, -0.05) is 0 Å². The zero-order chi connectivity index (χ0) is 19.1. The third-order valence-corrected chi connectivity index (χ3v) is 3.86. The summed E-state index contributed by atoms with van der Waals surface area (Å²) in [5.41, 5.74) is 0.483. The maximum absolute atomic E-state index is 11.7. The highest BCUT2D eigenvalue weighted by atomic mass is 16.6. The van der Waals surface area contributed by atoms with E-state index in [1.807, 2.05) is 4.90 Å². The molecule has 0 saturated carbocycles. The fourth-order valence-corrected chi connectivity index (χ4v) is 2.61. The van der Waals surface area contributed by atoms with Gasteiger partial charge in [0.15, 0.2) is 0 Å². The number of carbonyl (C=O) groups is 2. The van der Waals surface area contributed by atoms with Crippen LogP contribution < -0.4 is 10.2 Å². The van der Waals surface area contributed by atoms with Gasteiger partial charge in [-0.25, -0.2) is 4.79 Å². The van der Waals surface area contributed by atoms with Gasteiger partial charge in [0.1, 0.15) is 12.1 Å². The molecule has 1 aliphatic heterocycles. The molecular weight excluding hydrogens is 342 g/mol. The van der Waals surface area contributed by atoms with Gasteiger partial charge in [-0.2, -0.15) is 5.26 Å². The lowest BCUT2D eigenvalue weighted by atomic mass is 10.2. The third-order valence-electron chi connectivity index (χ3n) is 3.86. The Morgan fingerprint density at radius 3 is 2.62 bits per heavy atom. The quantitative estimate of drug-likeness (QED) is 0.624. The lowest BCUT2D eigenvalue weighted by Crippen LogP contribution is -2.49. The molecule has 1 fully saturated rings. The molecule has 2 rings (SSSR count). The van der Waals surface area contributed by atoms with Crippen molar-refractivity contribution in [2.24, 2.45) is 0 Å². The molecule has 0 radical (unpaired) electrons. The fourth-order valence-electron chi connectivity index (χ4n) is 2.61. The summed E-state index contributed by atoms with van der Waals surface area (Å²) in [7, 11) is 0. The van der Waals surface area contributed by atoms with Crippen molar-refractivity contribution in [2.45, 2.75) is 13.3 Å². The van der Waals surface area contributed by atoms with E-state index in [1.165, 1.54) is 12.1 Å². The van der Waals surface area contributed by atoms with Gasteiger partial charge in [0.25, 0.3) is 5.69 Å². The number of rotatable bonds is 5. The predicted octanol–water partition coefficient (Wildman–Crippen LogP) is 1.73. The normalized spacial score (nSPS) is 13.7. The Balaban J connectivity index is 2.13. The monoisotopic (exact) mass is 361 g/mol. The molecule has 1 saturated heterocycles. The molecule has 1 aromatic rings. The van der Waals surface area contributed by atoms with Crippen LogP contribution in [0.1, 0.15) is 13.3 Å². The highest BCUT2D eigenvalue weighted by molar-refractivity contribution is 5.95. The minimum Gasteiger partial charge on any atom is -0.450 e. The van der Waals surface area contributed by atoms with Crippen LogP contribution in [0.5, 0.6) is 0 Å². The number of hydrogen-bond donors (Lipinski definition) is 1. The minimum absolute atomic E-state index is 0.0422. The van der Waals surface area contributed by atoms with Crippen LogP contribution in [0.2, 0.25) is 0 Å². The molecule has 10 nitrogen and oxygen atoms in total. The number of hydrogen-bond acceptors (Lipinski definition) is 7. The standard InChI is InChI=1S/C16H19N5O5/c1-2-26-16(23)20-9-7-19(8-10-20)12-3-4-14(21(24)25)13(11-12)18-15(22)5-6-17/h3-4,11H,2,5,7-10H2,1H3,(H,18,22). The SMILES string of the molecule is CCOC(=O)N1CCN(c2ccc([N+](=O)[O-])c(NC(=O)CC#N)c2)CC1. The van der Waals surface area contributed by atoms with Crippen LogP contribution in [0, 0.1) is 21.4 Å². The zero-order valence-corrected chi connectivity index (χ0v) is 14.3. The van der Waals surface area contributed by atoms with Crippen molar-refractivity contribution < 1.29 is 19.2 Å². The number of nitrogens with one attached hydrogen (secondary N) is 1. The minimum atomic E-state index is -0.611. The number of nitro benzene ring substituents is 1. The average Bonchev–Trinajstić information content (AvgIpc) is 2.62. The van der Waals surface area contributed by atoms with E-state index < -0.39 is 10.8 Å². The maximum atomic E-state index is 11.7. The molecule has 1 aliphatic rings. The van der Waals surface area contributed by atoms with Crippen molar-refractivity contribution in [2.75, 3.05) is 43.0 Å². The molecule has 138 valence electrons. The Morgan fingerprint density at radius 2 is 2.04 bits per heavy atom. The maximum Gasteiger partial charge on any atom is 0.409 e. The van der Waals surface area contributed by atoms with Crippen LogP contribution in [0.25, 0.3) is 0 Å². The first-order chi connectivity index (χ1) is 12.5. The fraction of sp³-hybridized carbons (Fsp3) is 0.438. The van der Waals surface area contributed by atoms with E-state index in [1.54, 1.807) is 24.0 Å². The number of anilines is 2. The van der Waals surface area contributed by atoms with Crippen LogP contribution in [-0.4, -0.2) is 54.6 Å². The number of nitriles is 1. The van der Waals surface area contributed by atoms with Gasteiger partial charge in [0.2, 0.25) is 5.91 Å². The zero-order valence-electron chi connectivity index (χ0n) is 14.3. The number of carbonyl (C=O) groups excluding carboxylic acids is 2. The first-order valence-electron chi connectivity index (χ1n) is 8.08. The molecule has 0 spiro atoms. The van der Waals surface area contributed by atoms with Gasteiger partial charge in [-0.15, -0.1) is 0 Å². The summed E-state index contributed by atoms with van der Waals surface area (Å²) in [4.78, 5) is 37.5. The summed E-state index contributed by atoms with van der Waals surface area (Å²) in [5, 5.41) is 22.1. The molecule has 2 amide bonds. The Hall–Kier alpha value is -3.35. The molecule has 0 bridgehead atoms. The van der Waals surface area contributed by atoms with Gasteiger partial charge < -0.3 is 19.9 Å². The summed E-state index contributed by atoms with van der Waals surface area (Å²) in [6, 6.07) is 6.12. The van der Waals surface area contributed by atoms with Crippen molar-refractivity contribution in [3.8, 4) is 6.07 Å². The lowest BCUT2D eigenvalue weighted by molar-refractivity contribution is -0.383. The highest BCUT2D eigenvalue weighted by Gasteiger charge is 2.24. The summed E-state index contributed by atoms with van der Waals surface area (Å²) in [6.45, 7) is 4.04. The second kappa shape index (κ2) is 8.66. The molecule has 1 N–H and O–H groups in total. The van der Waals surface area contributed by atoms with Crippen molar-refractivity contribution in [3.63, 3.8) is 0 Å². The molecule has 0 atom stereocenters. The van der Waals surface area contributed by atoms with Crippen LogP contribution in [0.4, 0.5) is 21.9 Å². The van der Waals surface area contributed by atoms with Gasteiger partial charge in [0, 0.05) is 37.9 Å². The molecule has 1 heterocycles. The molecular formula is C16H19N5O5. The molecule has 0 unspecified atom stereocenters. The van der Waals surface area contributed by atoms with Crippen LogP contribution >= 0.6 is 0 Å². The Bertz CT molecular complexity index is 737. The van der Waals surface area contributed by atoms with E-state index >= 15 is 0 Å². The first-order valence-corrected chi connectivity index (χ1v) is 8.08. The van der Waals surface area contributed by atoms with E-state index in [2.05, 4.69) is 5.32 Å². The molecule has 26 heavy (non-hydrogen) atoms. The number of ether oxygens (including phenoxy) is 1. The van der Waals surface area contributed by atoms with E-state index in [0.29, 0.717) is 38.5 Å². The van der Waals surface area contributed by atoms with Crippen molar-refractivity contribution in [1.29, 1.82) is 5.26 Å². The Kier molecular flexibility index (Phi) is 6.32. The Morgan fingerprint density at radius 1 is 1.35 bits per heavy atom. The van der Waals surface area contributed by atoms with E-state index in [-0.39, 0.29) is 23.9 Å². The molecule has 10 heteroatoms. The van der Waals surface area contributed by atoms with Crippen LogP contribution in [-0.2, 0) is 9.53 Å². The number of amides is 2. The van der Waals surface area contributed by atoms with Gasteiger partial charge in [-0.05, 0) is 19.1 Å². The van der Waals surface area contributed by atoms with Crippen molar-refractivity contribution >= 4 is 29.1 Å². The van der Waals surface area contributed by atoms with E-state index in [0.717, 1.165) is 0 Å². The van der Waals surface area contributed by atoms with Crippen molar-refractivity contribution in [3.05, 3.63) is 28.3 Å². The topological polar surface area (TPSA) is 129 Å². The smallest absolute Gasteiger partial charge is 0.409 e. The number of nitro groups is 1. The summed E-state index contributed by atoms with van der Waals surface area (Å²) < 4.78 is 4.97. The van der Waals surface area contributed by atoms with Gasteiger partial charge in [-0.3, -0.25) is 14.9 Å². The highest BCUT2D eigenvalue weighted by Crippen LogP contribution is 2.30. The number of piperazine rings is 1. The van der Waals surface area contributed by atoms with Crippen molar-refractivity contribution in [1.82, 2.24) is 4.90 Å². The largest absolute Gasteiger partial charge is 0.450 e. The van der Waals surface area contributed by atoms with Crippen LogP contribution in [0.15, 0.2) is 18.2 Å². The molecule has 1 aromatic carbocycles. The van der Waals surface area contributed by atoms with E-state index in [4.69, 9.17) is 10.00 Å². The summed E-state index contributed by atoms with van der Waals surface area (Å²) >= 11 is 0. The second-order valence-electron chi connectivity index (χ2n) is 5.51.